The summed E-state index contributed by atoms with van der Waals surface area (Å²) in [6, 6.07) is 17.2. The Labute approximate surface area is 209 Å². The van der Waals surface area contributed by atoms with Crippen molar-refractivity contribution in [3.63, 3.8) is 0 Å². The standard InChI is InChI=1S/C27H20N4O6/c1-14(23-29-22-6-4-3-5-20(22)24(33)30-23)37-27(36)16-7-12-19-21(13-16)26(35)31(25(19)34)18-10-8-17(9-11-18)28-15(2)32/h3-14H,1-2H3,(H,28,32)(H,29,30,33). The van der Waals surface area contributed by atoms with E-state index in [0.717, 1.165) is 4.90 Å². The van der Waals surface area contributed by atoms with Crippen LogP contribution in [0.5, 0.6) is 0 Å². The first kappa shape index (κ1) is 23.6. The fourth-order valence-corrected chi connectivity index (χ4v) is 4.08. The lowest BCUT2D eigenvalue weighted by Crippen LogP contribution is -2.29. The van der Waals surface area contributed by atoms with Crippen LogP contribution in [0.25, 0.3) is 10.9 Å². The van der Waals surface area contributed by atoms with Gasteiger partial charge in [0.2, 0.25) is 5.91 Å². The van der Waals surface area contributed by atoms with Gasteiger partial charge < -0.3 is 15.0 Å². The lowest BCUT2D eigenvalue weighted by molar-refractivity contribution is -0.114. The third kappa shape index (κ3) is 4.36. The van der Waals surface area contributed by atoms with Gasteiger partial charge >= 0.3 is 5.97 Å². The summed E-state index contributed by atoms with van der Waals surface area (Å²) >= 11 is 0. The molecule has 37 heavy (non-hydrogen) atoms. The van der Waals surface area contributed by atoms with Gasteiger partial charge in [0.25, 0.3) is 17.4 Å². The molecule has 4 aromatic rings. The molecule has 10 nitrogen and oxygen atoms in total. The number of esters is 1. The zero-order valence-corrected chi connectivity index (χ0v) is 19.8. The number of para-hydroxylation sites is 1. The maximum atomic E-state index is 13.1. The number of carbonyl (C=O) groups excluding carboxylic acids is 4. The Morgan fingerprint density at radius 2 is 1.65 bits per heavy atom. The Balaban J connectivity index is 1.36. The minimum absolute atomic E-state index is 0.0651. The number of benzene rings is 3. The molecule has 0 fully saturated rings. The Kier molecular flexibility index (Phi) is 5.84. The topological polar surface area (TPSA) is 139 Å². The summed E-state index contributed by atoms with van der Waals surface area (Å²) in [5.41, 5.74) is 1.25. The first-order valence-electron chi connectivity index (χ1n) is 11.3. The summed E-state index contributed by atoms with van der Waals surface area (Å²) in [5.74, 6) is -1.93. The second-order valence-electron chi connectivity index (χ2n) is 8.45. The molecule has 1 aliphatic heterocycles. The normalized spacial score (nSPS) is 13.4. The smallest absolute Gasteiger partial charge is 0.338 e. The number of rotatable bonds is 5. The number of anilines is 2. The van der Waals surface area contributed by atoms with E-state index in [0.29, 0.717) is 22.3 Å². The quantitative estimate of drug-likeness (QED) is 0.318. The van der Waals surface area contributed by atoms with E-state index in [4.69, 9.17) is 4.74 Å². The van der Waals surface area contributed by atoms with Gasteiger partial charge in [-0.25, -0.2) is 14.7 Å². The maximum Gasteiger partial charge on any atom is 0.338 e. The maximum absolute atomic E-state index is 13.1. The van der Waals surface area contributed by atoms with Crippen molar-refractivity contribution in [3.8, 4) is 0 Å². The average molecular weight is 496 g/mol. The molecule has 0 radical (unpaired) electrons. The average Bonchev–Trinajstić information content (AvgIpc) is 3.13. The highest BCUT2D eigenvalue weighted by atomic mass is 16.5. The number of nitrogens with one attached hydrogen (secondary N) is 2. The van der Waals surface area contributed by atoms with Crippen molar-refractivity contribution in [1.29, 1.82) is 0 Å². The van der Waals surface area contributed by atoms with Crippen LogP contribution in [0.3, 0.4) is 0 Å². The van der Waals surface area contributed by atoms with E-state index >= 15 is 0 Å². The number of hydrogen-bond donors (Lipinski definition) is 2. The molecule has 0 saturated carbocycles. The molecule has 0 spiro atoms. The van der Waals surface area contributed by atoms with Crippen LogP contribution < -0.4 is 15.8 Å². The molecule has 0 bridgehead atoms. The van der Waals surface area contributed by atoms with Crippen molar-refractivity contribution in [2.75, 3.05) is 10.2 Å². The molecule has 184 valence electrons. The van der Waals surface area contributed by atoms with E-state index in [1.807, 2.05) is 0 Å². The first-order chi connectivity index (χ1) is 17.7. The van der Waals surface area contributed by atoms with Crippen LogP contribution in [-0.4, -0.2) is 33.7 Å². The van der Waals surface area contributed by atoms with Crippen LogP contribution in [0.2, 0.25) is 0 Å². The summed E-state index contributed by atoms with van der Waals surface area (Å²) in [4.78, 5) is 70.4. The molecule has 1 unspecified atom stereocenters. The molecule has 10 heteroatoms. The molecule has 1 aliphatic rings. The summed E-state index contributed by atoms with van der Waals surface area (Å²) in [5, 5.41) is 3.04. The van der Waals surface area contributed by atoms with E-state index in [1.165, 1.54) is 25.1 Å². The van der Waals surface area contributed by atoms with Gasteiger partial charge in [0.1, 0.15) is 0 Å². The summed E-state index contributed by atoms with van der Waals surface area (Å²) in [6.07, 6.45) is -0.881. The Morgan fingerprint density at radius 3 is 2.38 bits per heavy atom. The highest BCUT2D eigenvalue weighted by molar-refractivity contribution is 6.34. The predicted octanol–water partition coefficient (Wildman–Crippen LogP) is 3.60. The fourth-order valence-electron chi connectivity index (χ4n) is 4.08. The molecule has 1 atom stereocenters. The number of imide groups is 1. The van der Waals surface area contributed by atoms with Crippen LogP contribution in [0, 0.1) is 0 Å². The van der Waals surface area contributed by atoms with Crippen LogP contribution in [0.1, 0.15) is 56.8 Å². The molecule has 2 N–H and O–H groups in total. The third-order valence-corrected chi connectivity index (χ3v) is 5.87. The van der Waals surface area contributed by atoms with Gasteiger partial charge in [-0.2, -0.15) is 0 Å². The van der Waals surface area contributed by atoms with Crippen molar-refractivity contribution in [2.45, 2.75) is 20.0 Å². The lowest BCUT2D eigenvalue weighted by atomic mass is 10.1. The van der Waals surface area contributed by atoms with Crippen LogP contribution >= 0.6 is 0 Å². The van der Waals surface area contributed by atoms with Gasteiger partial charge in [0, 0.05) is 12.6 Å². The van der Waals surface area contributed by atoms with Crippen molar-refractivity contribution >= 4 is 46.0 Å². The van der Waals surface area contributed by atoms with Crippen LogP contribution in [-0.2, 0) is 9.53 Å². The van der Waals surface area contributed by atoms with Crippen LogP contribution in [0.15, 0.2) is 71.5 Å². The Morgan fingerprint density at radius 1 is 0.946 bits per heavy atom. The fraction of sp³-hybridized carbons (Fsp3) is 0.111. The van der Waals surface area contributed by atoms with Gasteiger partial charge in [-0.15, -0.1) is 0 Å². The Bertz CT molecular complexity index is 1660. The number of H-pyrrole nitrogens is 1. The number of hydrogen-bond acceptors (Lipinski definition) is 7. The van der Waals surface area contributed by atoms with Gasteiger partial charge in [-0.05, 0) is 61.5 Å². The Hall–Kier alpha value is -5.12. The number of carbonyl (C=O) groups is 4. The largest absolute Gasteiger partial charge is 0.451 e. The van der Waals surface area contributed by atoms with Crippen molar-refractivity contribution in [3.05, 3.63) is 99.6 Å². The predicted molar refractivity (Wildman–Crippen MR) is 135 cm³/mol. The minimum atomic E-state index is -0.881. The minimum Gasteiger partial charge on any atom is -0.451 e. The van der Waals surface area contributed by atoms with E-state index in [1.54, 1.807) is 55.5 Å². The van der Waals surface area contributed by atoms with Gasteiger partial charge in [-0.1, -0.05) is 12.1 Å². The second-order valence-corrected chi connectivity index (χ2v) is 8.45. The molecule has 3 aromatic carbocycles. The highest BCUT2D eigenvalue weighted by Crippen LogP contribution is 2.30. The van der Waals surface area contributed by atoms with Gasteiger partial charge in [-0.3, -0.25) is 19.2 Å². The molecule has 0 aliphatic carbocycles. The lowest BCUT2D eigenvalue weighted by Gasteiger charge is -2.14. The van der Waals surface area contributed by atoms with E-state index < -0.39 is 23.9 Å². The second kappa shape index (κ2) is 9.15. The zero-order valence-electron chi connectivity index (χ0n) is 19.8. The van der Waals surface area contributed by atoms with Crippen molar-refractivity contribution < 1.29 is 23.9 Å². The third-order valence-electron chi connectivity index (χ3n) is 5.87. The first-order valence-corrected chi connectivity index (χ1v) is 11.3. The summed E-state index contributed by atoms with van der Waals surface area (Å²) in [6.45, 7) is 2.94. The van der Waals surface area contributed by atoms with Gasteiger partial charge in [0.15, 0.2) is 11.9 Å². The number of nitrogens with zero attached hydrogens (tertiary/aromatic N) is 2. The molecule has 1 aromatic heterocycles. The van der Waals surface area contributed by atoms with E-state index in [2.05, 4.69) is 15.3 Å². The number of aromatic nitrogens is 2. The molecule has 2 heterocycles. The van der Waals surface area contributed by atoms with Crippen molar-refractivity contribution in [1.82, 2.24) is 9.97 Å². The summed E-state index contributed by atoms with van der Waals surface area (Å²) in [7, 11) is 0. The van der Waals surface area contributed by atoms with Crippen LogP contribution in [0.4, 0.5) is 11.4 Å². The molecule has 5 rings (SSSR count). The van der Waals surface area contributed by atoms with Gasteiger partial charge in [0.05, 0.1) is 33.3 Å². The number of aromatic amines is 1. The molecular weight excluding hydrogens is 476 g/mol. The molecular formula is C27H20N4O6. The molecule has 3 amide bonds. The number of amides is 3. The SMILES string of the molecule is CC(=O)Nc1ccc(N2C(=O)c3ccc(C(=O)OC(C)c4nc5ccccc5c(=O)[nH]4)cc3C2=O)cc1. The number of ether oxygens (including phenoxy) is 1. The summed E-state index contributed by atoms with van der Waals surface area (Å²) < 4.78 is 5.49. The van der Waals surface area contributed by atoms with E-state index in [-0.39, 0.29) is 34.0 Å². The monoisotopic (exact) mass is 496 g/mol. The molecule has 0 saturated heterocycles. The van der Waals surface area contributed by atoms with Crippen molar-refractivity contribution in [2.24, 2.45) is 0 Å². The highest BCUT2D eigenvalue weighted by Gasteiger charge is 2.37. The zero-order chi connectivity index (χ0) is 26.3. The van der Waals surface area contributed by atoms with E-state index in [9.17, 15) is 24.0 Å². The number of fused-ring (bicyclic) bond motifs is 2.